The number of hydrogen-bond acceptors (Lipinski definition) is 0. The normalized spacial score (nSPS) is 11.3. The van der Waals surface area contributed by atoms with Crippen LogP contribution in [-0.4, -0.2) is 10.7 Å². The Labute approximate surface area is 261 Å². The molecular formula is C38H58N2Pd. The van der Waals surface area contributed by atoms with Gasteiger partial charge in [-0.2, -0.15) is 0 Å². The van der Waals surface area contributed by atoms with Crippen LogP contribution < -0.4 is 0 Å². The van der Waals surface area contributed by atoms with Crippen molar-refractivity contribution in [3.63, 3.8) is 0 Å². The molecule has 0 bridgehead atoms. The van der Waals surface area contributed by atoms with Gasteiger partial charge in [0.2, 0.25) is 0 Å². The minimum absolute atomic E-state index is 0.884. The fourth-order valence-electron chi connectivity index (χ4n) is 5.04. The van der Waals surface area contributed by atoms with E-state index in [0.29, 0.717) is 0 Å². The number of unbranched alkanes of at least 4 members (excludes halogenated alkanes) is 6. The summed E-state index contributed by atoms with van der Waals surface area (Å²) in [6.07, 6.45) is 16.0. The number of benzene rings is 2. The Morgan fingerprint density at radius 3 is 1.68 bits per heavy atom. The van der Waals surface area contributed by atoms with E-state index in [9.17, 15) is 5.53 Å². The number of allylic oxidation sites excluding steroid dienone is 2. The van der Waals surface area contributed by atoms with E-state index >= 15 is 0 Å². The third-order valence-electron chi connectivity index (χ3n) is 7.30. The molecule has 0 aromatic heterocycles. The first-order chi connectivity index (χ1) is 20.1. The van der Waals surface area contributed by atoms with Crippen molar-refractivity contribution >= 4 is 11.4 Å². The third kappa shape index (κ3) is 15.2. The zero-order chi connectivity index (χ0) is 30.1. The molecular weight excluding hydrogens is 591 g/mol. The Bertz CT molecular complexity index is 1080. The molecule has 2 aromatic carbocycles. The van der Waals surface area contributed by atoms with Crippen molar-refractivity contribution in [3.8, 4) is 0 Å². The Kier molecular flexibility index (Phi) is 22.2. The molecule has 41 heavy (non-hydrogen) atoms. The van der Waals surface area contributed by atoms with Crippen LogP contribution in [0.5, 0.6) is 0 Å². The summed E-state index contributed by atoms with van der Waals surface area (Å²) in [4.78, 5) is 6.19. The van der Waals surface area contributed by atoms with E-state index in [-0.39, 0.29) is 0 Å². The van der Waals surface area contributed by atoms with E-state index < -0.39 is 0 Å². The summed E-state index contributed by atoms with van der Waals surface area (Å²) >= 11 is 1.04. The molecule has 0 saturated heterocycles. The van der Waals surface area contributed by atoms with Crippen LogP contribution in [-0.2, 0) is 30.8 Å². The van der Waals surface area contributed by atoms with Crippen LogP contribution in [0.15, 0.2) is 59.7 Å². The zero-order valence-corrected chi connectivity index (χ0v) is 28.7. The molecule has 0 fully saturated rings. The van der Waals surface area contributed by atoms with Gasteiger partial charge in [-0.1, -0.05) is 115 Å². The van der Waals surface area contributed by atoms with Gasteiger partial charge in [0.1, 0.15) is 0 Å². The molecule has 230 valence electrons. The molecule has 2 nitrogen and oxygen atoms in total. The van der Waals surface area contributed by atoms with Crippen LogP contribution in [0.2, 0.25) is 9.79 Å². The summed E-state index contributed by atoms with van der Waals surface area (Å²) < 4.78 is 0. The molecule has 0 unspecified atom stereocenters. The third-order valence-corrected chi connectivity index (χ3v) is 8.85. The second-order valence-electron chi connectivity index (χ2n) is 10.7. The van der Waals surface area contributed by atoms with Crippen LogP contribution in [0.4, 0.5) is 0 Å². The van der Waals surface area contributed by atoms with Crippen LogP contribution in [0.3, 0.4) is 0 Å². The molecule has 2 rings (SSSR count). The van der Waals surface area contributed by atoms with Crippen molar-refractivity contribution in [1.29, 1.82) is 0 Å². The molecule has 0 radical (unpaired) electrons. The molecule has 0 aliphatic carbocycles. The van der Waals surface area contributed by atoms with Crippen molar-refractivity contribution in [1.82, 2.24) is 0 Å². The molecule has 0 atom stereocenters. The molecule has 0 saturated carbocycles. The number of nitrogens with zero attached hydrogens (tertiary/aromatic N) is 2. The Morgan fingerprint density at radius 1 is 0.659 bits per heavy atom. The summed E-state index contributed by atoms with van der Waals surface area (Å²) in [6, 6.07) is 18.3. The number of rotatable bonds is 19. The standard InChI is InChI=1S/C34H48N2.2C2H5.Pd/c1-5-9-13-14-18-29-20-16-23-31(26-29)34(30-22-15-19-28(25-30)17-10-6-2)33(24-12-8-4)32(27-36-35)21-11-7-3;2*1-2;/h15-16,19-20,22-23,25-26H,5-14,17-18,21,24H2,1-4H3;2*1H2,2H3;. The van der Waals surface area contributed by atoms with Gasteiger partial charge in [0.25, 0.3) is 0 Å². The average molecular weight is 649 g/mol. The molecule has 0 spiro atoms. The molecule has 0 aliphatic heterocycles. The predicted octanol–water partition coefficient (Wildman–Crippen LogP) is 12.1. The molecule has 0 amide bonds. The van der Waals surface area contributed by atoms with E-state index in [1.807, 2.05) is 0 Å². The van der Waals surface area contributed by atoms with E-state index in [1.54, 1.807) is 0 Å². The Morgan fingerprint density at radius 2 is 1.20 bits per heavy atom. The van der Waals surface area contributed by atoms with Gasteiger partial charge in [0.05, 0.1) is 5.57 Å². The summed E-state index contributed by atoms with van der Waals surface area (Å²) in [6.45, 7) is 13.4. The van der Waals surface area contributed by atoms with E-state index in [0.717, 1.165) is 74.9 Å². The maximum absolute atomic E-state index is 9.53. The average Bonchev–Trinajstić information content (AvgIpc) is 2.99. The summed E-state index contributed by atoms with van der Waals surface area (Å²) in [5.74, 6) is 3.00. The molecule has 2 aromatic rings. The maximum atomic E-state index is 9.53. The van der Waals surface area contributed by atoms with Gasteiger partial charge in [0.15, 0.2) is 0 Å². The molecule has 0 heterocycles. The Hall–Kier alpha value is -2.00. The predicted molar refractivity (Wildman–Crippen MR) is 178 cm³/mol. The minimum atomic E-state index is 0.884. The molecule has 3 heteroatoms. The van der Waals surface area contributed by atoms with Crippen molar-refractivity contribution in [2.45, 2.75) is 141 Å². The van der Waals surface area contributed by atoms with Gasteiger partial charge in [-0.25, -0.2) is 0 Å². The fourth-order valence-corrected chi connectivity index (χ4v) is 5.82. The van der Waals surface area contributed by atoms with Gasteiger partial charge in [0, 0.05) is 0 Å². The number of aryl methyl sites for hydroxylation is 2. The van der Waals surface area contributed by atoms with Crippen LogP contribution >= 0.6 is 0 Å². The second kappa shape index (κ2) is 24.6. The zero-order valence-electron chi connectivity index (χ0n) is 27.1. The van der Waals surface area contributed by atoms with E-state index in [1.165, 1.54) is 81.7 Å². The Balaban J connectivity index is 0.00000154. The van der Waals surface area contributed by atoms with Crippen molar-refractivity contribution < 1.29 is 22.8 Å². The number of hydrogen-bond donors (Lipinski definition) is 0. The van der Waals surface area contributed by atoms with Crippen LogP contribution in [0.25, 0.3) is 11.1 Å². The van der Waals surface area contributed by atoms with Crippen molar-refractivity contribution in [3.05, 3.63) is 87.5 Å². The topological polar surface area (TPSA) is 36.4 Å². The van der Waals surface area contributed by atoms with Gasteiger partial charge in [-0.15, -0.1) is 4.79 Å². The van der Waals surface area contributed by atoms with Crippen molar-refractivity contribution in [2.24, 2.45) is 0 Å². The second-order valence-corrected chi connectivity index (χ2v) is 13.6. The molecule has 0 N–H and O–H groups in total. The first-order valence-electron chi connectivity index (χ1n) is 16.4. The molecule has 0 aliphatic rings. The van der Waals surface area contributed by atoms with Crippen LogP contribution in [0.1, 0.15) is 141 Å². The quantitative estimate of drug-likeness (QED) is 0.0363. The van der Waals surface area contributed by atoms with Gasteiger partial charge >= 0.3 is 47.5 Å². The van der Waals surface area contributed by atoms with Crippen molar-refractivity contribution in [2.75, 3.05) is 0 Å². The fraction of sp³-hybridized carbons (Fsp3) is 0.579. The first kappa shape index (κ1) is 37.0. The van der Waals surface area contributed by atoms with Gasteiger partial charge in [-0.05, 0) is 84.8 Å². The van der Waals surface area contributed by atoms with Gasteiger partial charge < -0.3 is 5.53 Å². The van der Waals surface area contributed by atoms with E-state index in [4.69, 9.17) is 0 Å². The summed E-state index contributed by atoms with van der Waals surface area (Å²) in [5, 5.41) is 0. The monoisotopic (exact) mass is 648 g/mol. The SMILES string of the molecule is CCCCCCc1cccc(C(=C(CCCC)C(=C=[N+]=[N-])CCCC)c2cccc(CCCC)c2)c1.C[CH2][Pd][CH2]C. The van der Waals surface area contributed by atoms with Crippen LogP contribution in [0, 0.1) is 0 Å². The summed E-state index contributed by atoms with van der Waals surface area (Å²) in [7, 11) is 0. The first-order valence-corrected chi connectivity index (χ1v) is 18.6. The van der Waals surface area contributed by atoms with Gasteiger partial charge in [-0.3, -0.25) is 0 Å². The summed E-state index contributed by atoms with van der Waals surface area (Å²) in [5.41, 5.74) is 18.5. The van der Waals surface area contributed by atoms with E-state index in [2.05, 4.69) is 101 Å².